The van der Waals surface area contributed by atoms with Crippen molar-refractivity contribution in [2.24, 2.45) is 0 Å². The highest BCUT2D eigenvalue weighted by Gasteiger charge is 2.26. The van der Waals surface area contributed by atoms with Crippen LogP contribution in [0.4, 0.5) is 0 Å². The Hall–Kier alpha value is -6.50. The van der Waals surface area contributed by atoms with E-state index in [1.165, 1.54) is 30.4 Å². The Morgan fingerprint density at radius 3 is 1.43 bits per heavy atom. The molecule has 1 saturated carbocycles. The SMILES string of the molecule is [2H]c1c([2H])c([2H])c2c(-c3c(-c4ccccc4)cc(C4CCCCC4)cc3-c3ccccc3)c3ccc(-c4ccccc4-c4ccccc4)cc3c(-c3ccc(C(C)(C)C)cc3)c2c1[2H]. The lowest BCUT2D eigenvalue weighted by molar-refractivity contribution is 0.444. The largest absolute Gasteiger partial charge is 0.0629 e. The normalized spacial score (nSPS) is 14.4. The Morgan fingerprint density at radius 2 is 0.883 bits per heavy atom. The molecule has 9 aromatic carbocycles. The molecule has 0 spiro atoms. The van der Waals surface area contributed by atoms with E-state index in [4.69, 9.17) is 0 Å². The van der Waals surface area contributed by atoms with Gasteiger partial charge in [-0.25, -0.2) is 0 Å². The first-order valence-electron chi connectivity index (χ1n) is 23.6. The summed E-state index contributed by atoms with van der Waals surface area (Å²) in [5.74, 6) is 0.434. The number of hydrogen-bond acceptors (Lipinski definition) is 0. The third-order valence-electron chi connectivity index (χ3n) is 12.8. The molecule has 1 aliphatic carbocycles. The molecule has 0 unspecified atom stereocenters. The van der Waals surface area contributed by atoms with Crippen molar-refractivity contribution in [2.45, 2.75) is 64.2 Å². The Labute approximate surface area is 361 Å². The Balaban J connectivity index is 1.41. The zero-order valence-corrected chi connectivity index (χ0v) is 34.8. The van der Waals surface area contributed by atoms with Crippen LogP contribution >= 0.6 is 0 Å². The molecule has 1 fully saturated rings. The zero-order valence-electron chi connectivity index (χ0n) is 38.8. The van der Waals surface area contributed by atoms with Crippen LogP contribution in [0.2, 0.25) is 0 Å². The Bertz CT molecular complexity index is 3120. The van der Waals surface area contributed by atoms with Crippen molar-refractivity contribution < 1.29 is 5.48 Å². The van der Waals surface area contributed by atoms with Crippen molar-refractivity contribution in [2.75, 3.05) is 0 Å². The molecule has 0 saturated heterocycles. The van der Waals surface area contributed by atoms with Crippen LogP contribution in [0, 0.1) is 0 Å². The van der Waals surface area contributed by atoms with Gasteiger partial charge in [-0.05, 0) is 130 Å². The van der Waals surface area contributed by atoms with Crippen LogP contribution in [0.5, 0.6) is 0 Å². The molecule has 0 aliphatic heterocycles. The van der Waals surface area contributed by atoms with Crippen LogP contribution in [-0.4, -0.2) is 0 Å². The van der Waals surface area contributed by atoms with Crippen molar-refractivity contribution in [3.8, 4) is 66.8 Å². The van der Waals surface area contributed by atoms with Crippen molar-refractivity contribution in [3.63, 3.8) is 0 Å². The molecule has 0 N–H and O–H groups in total. The van der Waals surface area contributed by atoms with Gasteiger partial charge in [0.25, 0.3) is 0 Å². The summed E-state index contributed by atoms with van der Waals surface area (Å²) in [5.41, 5.74) is 14.6. The average molecular weight is 777 g/mol. The third-order valence-corrected chi connectivity index (χ3v) is 12.8. The highest BCUT2D eigenvalue weighted by Crippen LogP contribution is 2.52. The second-order valence-electron chi connectivity index (χ2n) is 17.6. The highest BCUT2D eigenvalue weighted by molar-refractivity contribution is 6.24. The van der Waals surface area contributed by atoms with Gasteiger partial charge in [-0.1, -0.05) is 228 Å². The molecule has 292 valence electrons. The molecular formula is C60H52. The summed E-state index contributed by atoms with van der Waals surface area (Å²) in [6.07, 6.45) is 6.00. The highest BCUT2D eigenvalue weighted by atomic mass is 14.3. The molecule has 0 heterocycles. The summed E-state index contributed by atoms with van der Waals surface area (Å²) in [7, 11) is 0. The maximum atomic E-state index is 9.93. The van der Waals surface area contributed by atoms with Gasteiger partial charge >= 0.3 is 0 Å². The van der Waals surface area contributed by atoms with Crippen LogP contribution in [0.25, 0.3) is 88.3 Å². The first-order chi connectivity index (χ1) is 31.1. The summed E-state index contributed by atoms with van der Waals surface area (Å²) in [6, 6.07) is 59.8. The van der Waals surface area contributed by atoms with Gasteiger partial charge in [0.2, 0.25) is 0 Å². The van der Waals surface area contributed by atoms with E-state index in [0.29, 0.717) is 16.7 Å². The maximum absolute atomic E-state index is 9.93. The van der Waals surface area contributed by atoms with E-state index in [1.807, 2.05) is 6.07 Å². The van der Waals surface area contributed by atoms with E-state index in [1.54, 1.807) is 0 Å². The Kier molecular flexibility index (Phi) is 8.85. The summed E-state index contributed by atoms with van der Waals surface area (Å²) >= 11 is 0. The fourth-order valence-electron chi connectivity index (χ4n) is 9.69. The molecule has 0 amide bonds. The molecule has 0 radical (unpaired) electrons. The smallest absolute Gasteiger partial charge is 0.0622 e. The van der Waals surface area contributed by atoms with Gasteiger partial charge in [0.05, 0.1) is 5.48 Å². The predicted molar refractivity (Wildman–Crippen MR) is 259 cm³/mol. The lowest BCUT2D eigenvalue weighted by Gasteiger charge is -2.27. The number of benzene rings is 9. The van der Waals surface area contributed by atoms with Crippen LogP contribution in [0.3, 0.4) is 0 Å². The minimum atomic E-state index is -0.236. The summed E-state index contributed by atoms with van der Waals surface area (Å²) in [4.78, 5) is 0. The topological polar surface area (TPSA) is 0 Å². The van der Waals surface area contributed by atoms with Crippen molar-refractivity contribution in [1.29, 1.82) is 0 Å². The van der Waals surface area contributed by atoms with Gasteiger partial charge < -0.3 is 0 Å². The summed E-state index contributed by atoms with van der Waals surface area (Å²) in [6.45, 7) is 6.63. The molecule has 0 aromatic heterocycles. The van der Waals surface area contributed by atoms with Crippen molar-refractivity contribution in [3.05, 3.63) is 205 Å². The lowest BCUT2D eigenvalue weighted by atomic mass is 9.77. The van der Waals surface area contributed by atoms with E-state index in [9.17, 15) is 5.48 Å². The molecule has 0 atom stereocenters. The molecule has 9 aromatic rings. The first kappa shape index (κ1) is 33.3. The molecule has 1 aliphatic rings. The van der Waals surface area contributed by atoms with Gasteiger partial charge in [-0.2, -0.15) is 0 Å². The fraction of sp³-hybridized carbons (Fsp3) is 0.167. The monoisotopic (exact) mass is 776 g/mol. The van der Waals surface area contributed by atoms with E-state index in [2.05, 4.69) is 185 Å². The number of fused-ring (bicyclic) bond motifs is 2. The average Bonchev–Trinajstić information content (AvgIpc) is 3.34. The van der Waals surface area contributed by atoms with E-state index in [0.717, 1.165) is 90.4 Å². The predicted octanol–water partition coefficient (Wildman–Crippen LogP) is 17.3. The molecular weight excluding hydrogens is 721 g/mol. The number of rotatable bonds is 7. The number of hydrogen-bond donors (Lipinski definition) is 0. The first-order valence-corrected chi connectivity index (χ1v) is 21.6. The van der Waals surface area contributed by atoms with Gasteiger partial charge in [0, 0.05) is 0 Å². The third kappa shape index (κ3) is 7.05. The standard InChI is InChI=1S/C60H52/c1-60(2,3)48-35-32-45(33-36-48)57-51-30-18-19-31-52(51)58(53-37-34-46(38-56(53)57)50-29-17-16-28-49(50)42-22-10-5-11-23-42)59-54(43-24-12-6-13-25-43)39-47(41-20-8-4-9-21-41)40-55(59)44-26-14-7-15-27-44/h5-7,10-19,22-41H,4,8-9,20-21H2,1-3H3/i18D,19D,30D,31D. The second kappa shape index (κ2) is 15.9. The van der Waals surface area contributed by atoms with E-state index in [-0.39, 0.29) is 29.6 Å². The summed E-state index contributed by atoms with van der Waals surface area (Å²) in [5, 5.41) is 2.93. The van der Waals surface area contributed by atoms with Crippen LogP contribution in [-0.2, 0) is 5.41 Å². The van der Waals surface area contributed by atoms with Crippen molar-refractivity contribution >= 4 is 21.5 Å². The van der Waals surface area contributed by atoms with Gasteiger partial charge in [-0.3, -0.25) is 0 Å². The Morgan fingerprint density at radius 1 is 0.400 bits per heavy atom. The fourth-order valence-corrected chi connectivity index (χ4v) is 9.69. The second-order valence-corrected chi connectivity index (χ2v) is 17.6. The minimum absolute atomic E-state index is 0.0339. The van der Waals surface area contributed by atoms with Crippen LogP contribution in [0.1, 0.15) is 75.4 Å². The zero-order chi connectivity index (χ0) is 44.1. The molecule has 10 rings (SSSR count). The van der Waals surface area contributed by atoms with Crippen molar-refractivity contribution in [1.82, 2.24) is 0 Å². The van der Waals surface area contributed by atoms with Gasteiger partial charge in [-0.15, -0.1) is 0 Å². The lowest BCUT2D eigenvalue weighted by Crippen LogP contribution is -2.10. The van der Waals surface area contributed by atoms with Gasteiger partial charge in [0.15, 0.2) is 0 Å². The molecule has 60 heavy (non-hydrogen) atoms. The molecule has 0 bridgehead atoms. The van der Waals surface area contributed by atoms with E-state index >= 15 is 0 Å². The minimum Gasteiger partial charge on any atom is -0.0622 e. The molecule has 0 nitrogen and oxygen atoms in total. The van der Waals surface area contributed by atoms with Crippen LogP contribution < -0.4 is 0 Å². The van der Waals surface area contributed by atoms with E-state index < -0.39 is 0 Å². The van der Waals surface area contributed by atoms with Crippen LogP contribution in [0.15, 0.2) is 194 Å². The maximum Gasteiger partial charge on any atom is 0.0629 e. The summed E-state index contributed by atoms with van der Waals surface area (Å²) < 4.78 is 38.3. The quantitative estimate of drug-likeness (QED) is 0.141. The molecule has 0 heteroatoms. The van der Waals surface area contributed by atoms with Gasteiger partial charge in [0.1, 0.15) is 0 Å².